The first-order valence-electron chi connectivity index (χ1n) is 2.38. The van der Waals surface area contributed by atoms with E-state index in [1.54, 1.807) is 11.8 Å². The summed E-state index contributed by atoms with van der Waals surface area (Å²) in [5, 5.41) is 2.85. The van der Waals surface area contributed by atoms with Gasteiger partial charge >= 0.3 is 0 Å². The molecule has 0 aromatic rings. The van der Waals surface area contributed by atoms with Crippen molar-refractivity contribution in [2.24, 2.45) is 0 Å². The second-order valence-corrected chi connectivity index (χ2v) is 3.54. The summed E-state index contributed by atoms with van der Waals surface area (Å²) >= 11 is 3.13. The molecule has 0 bridgehead atoms. The second-order valence-electron chi connectivity index (χ2n) is 1.37. The molecular formula is C4H7NOS2. The maximum absolute atomic E-state index is 10.5. The van der Waals surface area contributed by atoms with Gasteiger partial charge in [-0.2, -0.15) is 0 Å². The Hall–Kier alpha value is 0.170. The standard InChI is InChI=1S/C4H7NOS2/c6-4-5-3-7-1-2-8-4/h1-3H2,(H,5,6). The van der Waals surface area contributed by atoms with Crippen LogP contribution in [0.25, 0.3) is 0 Å². The Kier molecular flexibility index (Phi) is 2.55. The van der Waals surface area contributed by atoms with Crippen LogP contribution in [0.5, 0.6) is 0 Å². The lowest BCUT2D eigenvalue weighted by atomic mass is 11.0. The normalized spacial score (nSPS) is 21.8. The van der Waals surface area contributed by atoms with Crippen LogP contribution in [0.4, 0.5) is 4.79 Å². The molecule has 1 saturated heterocycles. The first-order chi connectivity index (χ1) is 3.89. The summed E-state index contributed by atoms with van der Waals surface area (Å²) in [4.78, 5) is 10.5. The van der Waals surface area contributed by atoms with Gasteiger partial charge in [0.25, 0.3) is 5.24 Å². The summed E-state index contributed by atoms with van der Waals surface area (Å²) < 4.78 is 0. The van der Waals surface area contributed by atoms with Gasteiger partial charge in [0, 0.05) is 11.5 Å². The molecule has 0 radical (unpaired) electrons. The molecule has 0 aromatic heterocycles. The van der Waals surface area contributed by atoms with Gasteiger partial charge in [0.05, 0.1) is 5.88 Å². The molecule has 1 aliphatic rings. The largest absolute Gasteiger partial charge is 0.338 e. The highest BCUT2D eigenvalue weighted by molar-refractivity contribution is 8.14. The van der Waals surface area contributed by atoms with Crippen molar-refractivity contribution < 1.29 is 4.79 Å². The number of hydrogen-bond donors (Lipinski definition) is 1. The number of thioether (sulfide) groups is 2. The minimum atomic E-state index is 0.120. The summed E-state index contributed by atoms with van der Waals surface area (Å²) in [5.41, 5.74) is 0. The van der Waals surface area contributed by atoms with E-state index in [-0.39, 0.29) is 5.24 Å². The summed E-state index contributed by atoms with van der Waals surface area (Å²) in [7, 11) is 0. The van der Waals surface area contributed by atoms with Crippen LogP contribution in [-0.4, -0.2) is 22.6 Å². The lowest BCUT2D eigenvalue weighted by Crippen LogP contribution is -2.15. The zero-order valence-corrected chi connectivity index (χ0v) is 5.98. The molecule has 1 heterocycles. The summed E-state index contributed by atoms with van der Waals surface area (Å²) in [6.07, 6.45) is 0. The molecule has 0 saturated carbocycles. The first kappa shape index (κ1) is 6.29. The predicted octanol–water partition coefficient (Wildman–Crippen LogP) is 1.13. The number of rotatable bonds is 0. The first-order valence-corrected chi connectivity index (χ1v) is 4.52. The molecule has 1 rings (SSSR count). The molecule has 0 atom stereocenters. The van der Waals surface area contributed by atoms with Gasteiger partial charge in [0.15, 0.2) is 0 Å². The van der Waals surface area contributed by atoms with Crippen molar-refractivity contribution in [3.8, 4) is 0 Å². The topological polar surface area (TPSA) is 29.1 Å². The molecule has 2 nitrogen and oxygen atoms in total. The average molecular weight is 149 g/mol. The Morgan fingerprint density at radius 1 is 1.50 bits per heavy atom. The van der Waals surface area contributed by atoms with E-state index < -0.39 is 0 Å². The highest BCUT2D eigenvalue weighted by Gasteiger charge is 2.04. The fourth-order valence-electron chi connectivity index (χ4n) is 0.426. The van der Waals surface area contributed by atoms with E-state index in [1.165, 1.54) is 11.8 Å². The third kappa shape index (κ3) is 1.96. The van der Waals surface area contributed by atoms with Crippen LogP contribution in [0, 0.1) is 0 Å². The van der Waals surface area contributed by atoms with Gasteiger partial charge in [-0.05, 0) is 0 Å². The third-order valence-electron chi connectivity index (χ3n) is 0.779. The summed E-state index contributed by atoms with van der Waals surface area (Å²) in [6, 6.07) is 0. The number of amides is 1. The van der Waals surface area contributed by atoms with E-state index in [0.717, 1.165) is 17.4 Å². The van der Waals surface area contributed by atoms with Gasteiger partial charge in [-0.15, -0.1) is 11.8 Å². The molecule has 1 fully saturated rings. The van der Waals surface area contributed by atoms with Crippen LogP contribution in [-0.2, 0) is 0 Å². The maximum Gasteiger partial charge on any atom is 0.279 e. The third-order valence-corrected chi connectivity index (χ3v) is 2.69. The van der Waals surface area contributed by atoms with Crippen LogP contribution in [0.3, 0.4) is 0 Å². The van der Waals surface area contributed by atoms with Crippen LogP contribution in [0.2, 0.25) is 0 Å². The lowest BCUT2D eigenvalue weighted by Gasteiger charge is -1.92. The van der Waals surface area contributed by atoms with E-state index in [9.17, 15) is 4.79 Å². The lowest BCUT2D eigenvalue weighted by molar-refractivity contribution is 0.262. The van der Waals surface area contributed by atoms with Crippen LogP contribution in [0.1, 0.15) is 0 Å². The average Bonchev–Trinajstić information content (AvgIpc) is 1.94. The van der Waals surface area contributed by atoms with E-state index in [4.69, 9.17) is 0 Å². The zero-order valence-electron chi connectivity index (χ0n) is 4.35. The molecule has 0 aromatic carbocycles. The van der Waals surface area contributed by atoms with Crippen molar-refractivity contribution in [2.45, 2.75) is 0 Å². The van der Waals surface area contributed by atoms with E-state index in [2.05, 4.69) is 5.32 Å². The fourth-order valence-corrected chi connectivity index (χ4v) is 2.06. The Morgan fingerprint density at radius 3 is 3.25 bits per heavy atom. The highest BCUT2D eigenvalue weighted by atomic mass is 32.2. The zero-order chi connectivity index (χ0) is 5.82. The number of hydrogen-bond acceptors (Lipinski definition) is 3. The van der Waals surface area contributed by atoms with Gasteiger partial charge in [0.1, 0.15) is 0 Å². The Balaban J connectivity index is 2.27. The van der Waals surface area contributed by atoms with Gasteiger partial charge in [-0.1, -0.05) is 11.8 Å². The number of nitrogens with one attached hydrogen (secondary N) is 1. The van der Waals surface area contributed by atoms with E-state index >= 15 is 0 Å². The summed E-state index contributed by atoms with van der Waals surface area (Å²) in [6.45, 7) is 0. The Labute approximate surface area is 56.8 Å². The number of carbonyl (C=O) groups is 1. The van der Waals surface area contributed by atoms with Crippen molar-refractivity contribution in [3.63, 3.8) is 0 Å². The van der Waals surface area contributed by atoms with Crippen LogP contribution in [0.15, 0.2) is 0 Å². The monoisotopic (exact) mass is 149 g/mol. The molecule has 1 amide bonds. The van der Waals surface area contributed by atoms with E-state index in [1.807, 2.05) is 0 Å². The minimum absolute atomic E-state index is 0.120. The number of carbonyl (C=O) groups excluding carboxylic acids is 1. The highest BCUT2D eigenvalue weighted by Crippen LogP contribution is 2.10. The molecular weight excluding hydrogens is 142 g/mol. The Bertz CT molecular complexity index is 86.0. The van der Waals surface area contributed by atoms with Crippen molar-refractivity contribution in [2.75, 3.05) is 17.4 Å². The smallest absolute Gasteiger partial charge is 0.279 e. The molecule has 1 aliphatic heterocycles. The molecule has 46 valence electrons. The summed E-state index contributed by atoms with van der Waals surface area (Å²) in [5.74, 6) is 2.83. The van der Waals surface area contributed by atoms with Crippen LogP contribution >= 0.6 is 23.5 Å². The molecule has 1 N–H and O–H groups in total. The Morgan fingerprint density at radius 2 is 2.38 bits per heavy atom. The van der Waals surface area contributed by atoms with Gasteiger partial charge < -0.3 is 5.32 Å². The second kappa shape index (κ2) is 3.25. The van der Waals surface area contributed by atoms with Crippen LogP contribution < -0.4 is 5.32 Å². The van der Waals surface area contributed by atoms with Crippen molar-refractivity contribution >= 4 is 28.8 Å². The molecule has 0 aliphatic carbocycles. The van der Waals surface area contributed by atoms with Gasteiger partial charge in [0.2, 0.25) is 0 Å². The van der Waals surface area contributed by atoms with Crippen molar-refractivity contribution in [1.82, 2.24) is 5.32 Å². The quantitative estimate of drug-likeness (QED) is 0.560. The van der Waals surface area contributed by atoms with Gasteiger partial charge in [-0.25, -0.2) is 0 Å². The van der Waals surface area contributed by atoms with Crippen molar-refractivity contribution in [1.29, 1.82) is 0 Å². The SMILES string of the molecule is O=C1NCSCCS1. The molecule has 0 unspecified atom stereocenters. The van der Waals surface area contributed by atoms with Gasteiger partial charge in [-0.3, -0.25) is 4.79 Å². The predicted molar refractivity (Wildman–Crippen MR) is 38.3 cm³/mol. The van der Waals surface area contributed by atoms with Crippen molar-refractivity contribution in [3.05, 3.63) is 0 Å². The minimum Gasteiger partial charge on any atom is -0.338 e. The molecule has 0 spiro atoms. The fraction of sp³-hybridized carbons (Fsp3) is 0.750. The molecule has 4 heteroatoms. The maximum atomic E-state index is 10.5. The van der Waals surface area contributed by atoms with E-state index in [0.29, 0.717) is 0 Å². The molecule has 8 heavy (non-hydrogen) atoms.